The van der Waals surface area contributed by atoms with Gasteiger partial charge in [-0.3, -0.25) is 4.79 Å². The highest BCUT2D eigenvalue weighted by Crippen LogP contribution is 2.08. The minimum atomic E-state index is -0.0642. The van der Waals surface area contributed by atoms with E-state index in [0.717, 1.165) is 6.54 Å². The number of hydrogen-bond donors (Lipinski definition) is 2. The van der Waals surface area contributed by atoms with Crippen LogP contribution >= 0.6 is 11.6 Å². The largest absolute Gasteiger partial charge is 0.316 e. The fourth-order valence-corrected chi connectivity index (χ4v) is 1.23. The van der Waals surface area contributed by atoms with Gasteiger partial charge in [0, 0.05) is 13.0 Å². The molecule has 1 aromatic rings. The quantitative estimate of drug-likeness (QED) is 0.595. The van der Waals surface area contributed by atoms with E-state index in [9.17, 15) is 4.79 Å². The van der Waals surface area contributed by atoms with Crippen LogP contribution in [0, 0.1) is 0 Å². The van der Waals surface area contributed by atoms with E-state index in [2.05, 4.69) is 15.6 Å². The second kappa shape index (κ2) is 6.37. The Hall–Kier alpha value is -1.13. The molecule has 1 rings (SSSR count). The van der Waals surface area contributed by atoms with Crippen LogP contribution < -0.4 is 10.6 Å². The summed E-state index contributed by atoms with van der Waals surface area (Å²) in [6, 6.07) is 5.11. The van der Waals surface area contributed by atoms with Crippen molar-refractivity contribution in [1.29, 1.82) is 0 Å². The maximum atomic E-state index is 11.4. The number of rotatable bonds is 5. The number of pyridine rings is 1. The Morgan fingerprint density at radius 2 is 2.33 bits per heavy atom. The Morgan fingerprint density at radius 3 is 3.00 bits per heavy atom. The third kappa shape index (κ3) is 4.76. The molecule has 0 aliphatic heterocycles. The average molecular weight is 228 g/mol. The van der Waals surface area contributed by atoms with Gasteiger partial charge in [-0.25, -0.2) is 4.98 Å². The number of anilines is 1. The van der Waals surface area contributed by atoms with Gasteiger partial charge < -0.3 is 10.6 Å². The molecule has 15 heavy (non-hydrogen) atoms. The molecule has 0 aliphatic carbocycles. The highest BCUT2D eigenvalue weighted by molar-refractivity contribution is 6.29. The molecular formula is C10H14ClN3O. The molecule has 0 atom stereocenters. The van der Waals surface area contributed by atoms with Gasteiger partial charge in [0.25, 0.3) is 0 Å². The van der Waals surface area contributed by atoms with Gasteiger partial charge in [0.15, 0.2) is 0 Å². The SMILES string of the molecule is CCNCCC(=O)Nc1cccc(Cl)n1. The molecule has 82 valence electrons. The third-order valence-corrected chi connectivity index (χ3v) is 1.97. The normalized spacial score (nSPS) is 10.0. The first-order valence-corrected chi connectivity index (χ1v) is 5.23. The lowest BCUT2D eigenvalue weighted by Gasteiger charge is -2.04. The molecule has 1 heterocycles. The number of hydrogen-bond acceptors (Lipinski definition) is 3. The van der Waals surface area contributed by atoms with Crippen LogP contribution in [0.25, 0.3) is 0 Å². The van der Waals surface area contributed by atoms with E-state index in [0.29, 0.717) is 23.9 Å². The molecule has 0 fully saturated rings. The zero-order valence-electron chi connectivity index (χ0n) is 8.59. The summed E-state index contributed by atoms with van der Waals surface area (Å²) in [6.45, 7) is 3.53. The van der Waals surface area contributed by atoms with Crippen molar-refractivity contribution in [2.75, 3.05) is 18.4 Å². The topological polar surface area (TPSA) is 54.0 Å². The summed E-state index contributed by atoms with van der Waals surface area (Å²) in [5, 5.41) is 6.11. The van der Waals surface area contributed by atoms with E-state index in [1.165, 1.54) is 0 Å². The molecular weight excluding hydrogens is 214 g/mol. The maximum Gasteiger partial charge on any atom is 0.226 e. The van der Waals surface area contributed by atoms with Crippen LogP contribution in [0.3, 0.4) is 0 Å². The highest BCUT2D eigenvalue weighted by Gasteiger charge is 2.02. The summed E-state index contributed by atoms with van der Waals surface area (Å²) in [7, 11) is 0. The molecule has 0 unspecified atom stereocenters. The fourth-order valence-electron chi connectivity index (χ4n) is 1.06. The molecule has 0 saturated carbocycles. The minimum absolute atomic E-state index is 0.0642. The van der Waals surface area contributed by atoms with Crippen LogP contribution in [0.4, 0.5) is 5.82 Å². The summed E-state index contributed by atoms with van der Waals surface area (Å²) in [5.74, 6) is 0.426. The van der Waals surface area contributed by atoms with Gasteiger partial charge in [-0.1, -0.05) is 24.6 Å². The summed E-state index contributed by atoms with van der Waals surface area (Å²) >= 11 is 5.68. The number of aromatic nitrogens is 1. The van der Waals surface area contributed by atoms with Crippen LogP contribution in [0.2, 0.25) is 5.15 Å². The van der Waals surface area contributed by atoms with Gasteiger partial charge in [-0.2, -0.15) is 0 Å². The number of carbonyl (C=O) groups excluding carboxylic acids is 1. The minimum Gasteiger partial charge on any atom is -0.316 e. The smallest absolute Gasteiger partial charge is 0.226 e. The summed E-state index contributed by atoms with van der Waals surface area (Å²) in [5.41, 5.74) is 0. The molecule has 1 amide bonds. The number of carbonyl (C=O) groups is 1. The molecule has 0 bridgehead atoms. The van der Waals surface area contributed by atoms with Crippen molar-refractivity contribution in [3.05, 3.63) is 23.4 Å². The monoisotopic (exact) mass is 227 g/mol. The third-order valence-electron chi connectivity index (χ3n) is 1.76. The van der Waals surface area contributed by atoms with E-state index in [-0.39, 0.29) is 5.91 Å². The van der Waals surface area contributed by atoms with Crippen LogP contribution in [0.1, 0.15) is 13.3 Å². The average Bonchev–Trinajstić information content (AvgIpc) is 2.18. The number of nitrogens with zero attached hydrogens (tertiary/aromatic N) is 1. The molecule has 0 spiro atoms. The zero-order chi connectivity index (χ0) is 11.1. The predicted octanol–water partition coefficient (Wildman–Crippen LogP) is 1.67. The van der Waals surface area contributed by atoms with Crippen molar-refractivity contribution >= 4 is 23.3 Å². The molecule has 5 heteroatoms. The van der Waals surface area contributed by atoms with Gasteiger partial charge in [0.2, 0.25) is 5.91 Å². The highest BCUT2D eigenvalue weighted by atomic mass is 35.5. The van der Waals surface area contributed by atoms with Crippen LogP contribution in [-0.2, 0) is 4.79 Å². The Labute approximate surface area is 94.0 Å². The lowest BCUT2D eigenvalue weighted by Crippen LogP contribution is -2.21. The van der Waals surface area contributed by atoms with E-state index in [1.807, 2.05) is 6.92 Å². The molecule has 2 N–H and O–H groups in total. The van der Waals surface area contributed by atoms with Gasteiger partial charge in [-0.05, 0) is 18.7 Å². The van der Waals surface area contributed by atoms with Crippen molar-refractivity contribution in [2.24, 2.45) is 0 Å². The van der Waals surface area contributed by atoms with Gasteiger partial charge >= 0.3 is 0 Å². The standard InChI is InChI=1S/C10H14ClN3O/c1-2-12-7-6-10(15)14-9-5-3-4-8(11)13-9/h3-5,12H,2,6-7H2,1H3,(H,13,14,15). The Bertz CT molecular complexity index is 330. The lowest BCUT2D eigenvalue weighted by molar-refractivity contribution is -0.116. The summed E-state index contributed by atoms with van der Waals surface area (Å²) < 4.78 is 0. The number of halogens is 1. The van der Waals surface area contributed by atoms with E-state index in [4.69, 9.17) is 11.6 Å². The molecule has 0 aromatic carbocycles. The summed E-state index contributed by atoms with van der Waals surface area (Å²) in [4.78, 5) is 15.3. The van der Waals surface area contributed by atoms with Gasteiger partial charge in [-0.15, -0.1) is 0 Å². The first-order valence-electron chi connectivity index (χ1n) is 4.85. The lowest BCUT2D eigenvalue weighted by atomic mass is 10.4. The molecule has 0 saturated heterocycles. The van der Waals surface area contributed by atoms with Crippen molar-refractivity contribution in [3.8, 4) is 0 Å². The number of amides is 1. The van der Waals surface area contributed by atoms with E-state index < -0.39 is 0 Å². The second-order valence-electron chi connectivity index (χ2n) is 3.00. The van der Waals surface area contributed by atoms with Gasteiger partial charge in [0.05, 0.1) is 0 Å². The van der Waals surface area contributed by atoms with Crippen molar-refractivity contribution in [3.63, 3.8) is 0 Å². The first kappa shape index (κ1) is 11.9. The zero-order valence-corrected chi connectivity index (χ0v) is 9.34. The Balaban J connectivity index is 2.37. The number of nitrogens with one attached hydrogen (secondary N) is 2. The first-order chi connectivity index (χ1) is 7.22. The van der Waals surface area contributed by atoms with Gasteiger partial charge in [0.1, 0.15) is 11.0 Å². The van der Waals surface area contributed by atoms with E-state index >= 15 is 0 Å². The molecule has 4 nitrogen and oxygen atoms in total. The second-order valence-corrected chi connectivity index (χ2v) is 3.38. The Kier molecular flexibility index (Phi) is 5.07. The van der Waals surface area contributed by atoms with Crippen LogP contribution in [-0.4, -0.2) is 24.0 Å². The van der Waals surface area contributed by atoms with Crippen molar-refractivity contribution in [1.82, 2.24) is 10.3 Å². The van der Waals surface area contributed by atoms with E-state index in [1.54, 1.807) is 18.2 Å². The van der Waals surface area contributed by atoms with Crippen LogP contribution in [0.5, 0.6) is 0 Å². The molecule has 0 radical (unpaired) electrons. The van der Waals surface area contributed by atoms with Crippen LogP contribution in [0.15, 0.2) is 18.2 Å². The predicted molar refractivity (Wildman–Crippen MR) is 61.0 cm³/mol. The molecule has 1 aromatic heterocycles. The van der Waals surface area contributed by atoms with Crippen molar-refractivity contribution in [2.45, 2.75) is 13.3 Å². The maximum absolute atomic E-state index is 11.4. The van der Waals surface area contributed by atoms with Crippen molar-refractivity contribution < 1.29 is 4.79 Å². The fraction of sp³-hybridized carbons (Fsp3) is 0.400. The Morgan fingerprint density at radius 1 is 1.53 bits per heavy atom. The summed E-state index contributed by atoms with van der Waals surface area (Å²) in [6.07, 6.45) is 0.433. The molecule has 0 aliphatic rings.